The summed E-state index contributed by atoms with van der Waals surface area (Å²) in [6.07, 6.45) is 1.72. The van der Waals surface area contributed by atoms with E-state index in [1.165, 1.54) is 16.9 Å². The fourth-order valence-electron chi connectivity index (χ4n) is 4.04. The minimum Gasteiger partial charge on any atom is -0.334 e. The van der Waals surface area contributed by atoms with Gasteiger partial charge in [0, 0.05) is 29.1 Å². The van der Waals surface area contributed by atoms with Crippen molar-refractivity contribution in [1.82, 2.24) is 14.9 Å². The molecule has 8 heteroatoms. The maximum Gasteiger partial charge on any atom is 0.246 e. The third-order valence-corrected chi connectivity index (χ3v) is 6.69. The Balaban J connectivity index is 1.52. The molecule has 4 aromatic rings. The minimum absolute atomic E-state index is 0.119. The lowest BCUT2D eigenvalue weighted by atomic mass is 10.1. The van der Waals surface area contributed by atoms with Crippen molar-refractivity contribution in [3.63, 3.8) is 0 Å². The van der Waals surface area contributed by atoms with E-state index in [0.717, 1.165) is 52.7 Å². The summed E-state index contributed by atoms with van der Waals surface area (Å²) >= 11 is 14.3. The van der Waals surface area contributed by atoms with Crippen LogP contribution < -0.4 is 10.6 Å². The molecule has 1 aliphatic heterocycles. The smallest absolute Gasteiger partial charge is 0.246 e. The van der Waals surface area contributed by atoms with E-state index < -0.39 is 0 Å². The Morgan fingerprint density at radius 3 is 2.90 bits per heavy atom. The van der Waals surface area contributed by atoms with Gasteiger partial charge >= 0.3 is 0 Å². The number of thiazole rings is 1. The third-order valence-electron chi connectivity index (χ3n) is 5.23. The molecule has 3 heterocycles. The predicted octanol–water partition coefficient (Wildman–Crippen LogP) is 4.88. The number of hydrogen-bond donors (Lipinski definition) is 2. The summed E-state index contributed by atoms with van der Waals surface area (Å²) in [5, 5.41) is 9.19. The molecule has 2 aromatic heterocycles. The van der Waals surface area contributed by atoms with Crippen LogP contribution in [0.25, 0.3) is 21.1 Å². The van der Waals surface area contributed by atoms with Crippen LogP contribution in [-0.2, 0) is 24.2 Å². The molecule has 5 rings (SSSR count). The number of fused-ring (bicyclic) bond motifs is 4. The lowest BCUT2D eigenvalue weighted by molar-refractivity contribution is -0.116. The molecule has 2 aromatic carbocycles. The second-order valence-electron chi connectivity index (χ2n) is 7.08. The Morgan fingerprint density at radius 1 is 1.21 bits per heavy atom. The topological polar surface area (TPSA) is 59.0 Å². The normalized spacial score (nSPS) is 14.1. The molecular formula is C21H18Cl2N4OS. The van der Waals surface area contributed by atoms with Gasteiger partial charge in [0.25, 0.3) is 0 Å². The Labute approximate surface area is 181 Å². The highest BCUT2D eigenvalue weighted by atomic mass is 35.5. The molecule has 2 N–H and O–H groups in total. The number of nitrogens with one attached hydrogen (secondary N) is 2. The first-order chi connectivity index (χ1) is 14.1. The lowest BCUT2D eigenvalue weighted by Gasteiger charge is -2.11. The molecule has 5 nitrogen and oxygen atoms in total. The average molecular weight is 445 g/mol. The van der Waals surface area contributed by atoms with Crippen molar-refractivity contribution >= 4 is 66.7 Å². The summed E-state index contributed by atoms with van der Waals surface area (Å²) in [6, 6.07) is 11.5. The maximum atomic E-state index is 12.9. The van der Waals surface area contributed by atoms with Crippen molar-refractivity contribution in [3.05, 3.63) is 57.7 Å². The molecule has 29 heavy (non-hydrogen) atoms. The molecule has 0 saturated carbocycles. The number of anilines is 1. The van der Waals surface area contributed by atoms with Gasteiger partial charge in [0.1, 0.15) is 6.54 Å². The standard InChI is InChI=1S/C21H18Cl2N4OS/c22-12-9-14-13-5-7-24-8-6-17(13)27(20(14)15(23)10-12)11-19(28)26-21-25-16-3-1-2-4-18(16)29-21/h1-4,9-10,24H,5-8,11H2,(H,25,26,28). The van der Waals surface area contributed by atoms with Crippen molar-refractivity contribution in [2.45, 2.75) is 19.4 Å². The molecule has 1 amide bonds. The van der Waals surface area contributed by atoms with Crippen molar-refractivity contribution in [2.75, 3.05) is 18.4 Å². The SMILES string of the molecule is O=C(Cn1c2c(c3cc(Cl)cc(Cl)c31)CCNCC2)Nc1nc2ccccc2s1. The lowest BCUT2D eigenvalue weighted by Crippen LogP contribution is -2.21. The Hall–Kier alpha value is -2.12. The average Bonchev–Trinajstić information content (AvgIpc) is 3.09. The Bertz CT molecular complexity index is 1210. The number of benzene rings is 2. The van der Waals surface area contributed by atoms with Crippen LogP contribution >= 0.6 is 34.5 Å². The van der Waals surface area contributed by atoms with Gasteiger partial charge in [-0.15, -0.1) is 0 Å². The summed E-state index contributed by atoms with van der Waals surface area (Å²) in [7, 11) is 0. The van der Waals surface area contributed by atoms with Gasteiger partial charge < -0.3 is 15.2 Å². The summed E-state index contributed by atoms with van der Waals surface area (Å²) in [6.45, 7) is 1.95. The van der Waals surface area contributed by atoms with Crippen LogP contribution in [-0.4, -0.2) is 28.5 Å². The summed E-state index contributed by atoms with van der Waals surface area (Å²) in [5.74, 6) is -0.119. The molecular weight excluding hydrogens is 427 g/mol. The van der Waals surface area contributed by atoms with E-state index in [1.807, 2.05) is 34.9 Å². The van der Waals surface area contributed by atoms with Crippen LogP contribution in [0.3, 0.4) is 0 Å². The number of carbonyl (C=O) groups excluding carboxylic acids is 1. The van der Waals surface area contributed by atoms with Crippen LogP contribution in [0.15, 0.2) is 36.4 Å². The molecule has 0 unspecified atom stereocenters. The summed E-state index contributed by atoms with van der Waals surface area (Å²) in [5.41, 5.74) is 4.13. The largest absolute Gasteiger partial charge is 0.334 e. The van der Waals surface area contributed by atoms with Gasteiger partial charge in [-0.25, -0.2) is 4.98 Å². The van der Waals surface area contributed by atoms with E-state index in [4.69, 9.17) is 23.2 Å². The number of amides is 1. The fraction of sp³-hybridized carbons (Fsp3) is 0.238. The predicted molar refractivity (Wildman–Crippen MR) is 120 cm³/mol. The van der Waals surface area contributed by atoms with Gasteiger partial charge in [0.05, 0.1) is 20.8 Å². The first kappa shape index (κ1) is 18.9. The molecule has 148 valence electrons. The third kappa shape index (κ3) is 3.51. The number of aromatic nitrogens is 2. The maximum absolute atomic E-state index is 12.9. The second kappa shape index (κ2) is 7.61. The van der Waals surface area contributed by atoms with Crippen LogP contribution in [0.1, 0.15) is 11.3 Å². The van der Waals surface area contributed by atoms with Crippen molar-refractivity contribution < 1.29 is 4.79 Å². The Morgan fingerprint density at radius 2 is 2.03 bits per heavy atom. The van der Waals surface area contributed by atoms with E-state index >= 15 is 0 Å². The second-order valence-corrected chi connectivity index (χ2v) is 8.95. The number of nitrogens with zero attached hydrogens (tertiary/aromatic N) is 2. The van der Waals surface area contributed by atoms with Gasteiger partial charge in [-0.2, -0.15) is 0 Å². The van der Waals surface area contributed by atoms with Gasteiger partial charge in [0.2, 0.25) is 5.91 Å². The molecule has 1 aliphatic rings. The van der Waals surface area contributed by atoms with Crippen LogP contribution in [0.2, 0.25) is 10.0 Å². The zero-order chi connectivity index (χ0) is 20.0. The quantitative estimate of drug-likeness (QED) is 0.473. The van der Waals surface area contributed by atoms with Crippen LogP contribution in [0.4, 0.5) is 5.13 Å². The highest BCUT2D eigenvalue weighted by molar-refractivity contribution is 7.22. The summed E-state index contributed by atoms with van der Waals surface area (Å²) in [4.78, 5) is 17.4. The molecule has 0 spiro atoms. The van der Waals surface area contributed by atoms with E-state index in [0.29, 0.717) is 15.2 Å². The number of para-hydroxylation sites is 1. The van der Waals surface area contributed by atoms with E-state index in [9.17, 15) is 4.79 Å². The zero-order valence-corrected chi connectivity index (χ0v) is 17.8. The Kier molecular flexibility index (Phi) is 4.95. The van der Waals surface area contributed by atoms with Crippen LogP contribution in [0.5, 0.6) is 0 Å². The van der Waals surface area contributed by atoms with Gasteiger partial charge in [-0.1, -0.05) is 46.7 Å². The summed E-state index contributed by atoms with van der Waals surface area (Å²) < 4.78 is 3.09. The van der Waals surface area contributed by atoms with Gasteiger partial charge in [0.15, 0.2) is 5.13 Å². The number of halogens is 2. The van der Waals surface area contributed by atoms with E-state index in [-0.39, 0.29) is 12.5 Å². The number of rotatable bonds is 3. The molecule has 0 saturated heterocycles. The van der Waals surface area contributed by atoms with Crippen molar-refractivity contribution in [3.8, 4) is 0 Å². The molecule has 0 aliphatic carbocycles. The first-order valence-corrected chi connectivity index (χ1v) is 11.0. The number of hydrogen-bond acceptors (Lipinski definition) is 4. The first-order valence-electron chi connectivity index (χ1n) is 9.45. The van der Waals surface area contributed by atoms with Gasteiger partial charge in [-0.3, -0.25) is 4.79 Å². The van der Waals surface area contributed by atoms with Crippen LogP contribution in [0, 0.1) is 0 Å². The molecule has 0 fully saturated rings. The highest BCUT2D eigenvalue weighted by Gasteiger charge is 2.22. The van der Waals surface area contributed by atoms with Crippen molar-refractivity contribution in [2.24, 2.45) is 0 Å². The molecule has 0 bridgehead atoms. The van der Waals surface area contributed by atoms with E-state index in [2.05, 4.69) is 15.6 Å². The fourth-order valence-corrected chi connectivity index (χ4v) is 5.51. The monoisotopic (exact) mass is 444 g/mol. The molecule has 0 atom stereocenters. The number of carbonyl (C=O) groups is 1. The van der Waals surface area contributed by atoms with E-state index in [1.54, 1.807) is 6.07 Å². The molecule has 0 radical (unpaired) electrons. The van der Waals surface area contributed by atoms with Crippen molar-refractivity contribution in [1.29, 1.82) is 0 Å². The zero-order valence-electron chi connectivity index (χ0n) is 15.5. The minimum atomic E-state index is -0.119. The van der Waals surface area contributed by atoms with Gasteiger partial charge in [-0.05, 0) is 42.8 Å². The highest BCUT2D eigenvalue weighted by Crippen LogP contribution is 2.35.